The molecule has 0 bridgehead atoms. The molecule has 0 radical (unpaired) electrons. The standard InChI is InChI=1S/C62H127N2O6P/c1-6-8-10-12-14-16-18-20-22-24-26-27-28-29-30-31-32-33-34-35-36-38-40-42-44-46-48-50-52-54-56-62(66)63-60(59-70-71(67,68)69-58-57-64(3,4)5)61(65)55-53-51-49-47-45-43-41-39-37-25-23-21-19-17-15-13-11-9-7-2/h60-61,65H,6-59H2,1-5H3,(H-,63,66,67,68)/p+1. The summed E-state index contributed by atoms with van der Waals surface area (Å²) < 4.78 is 23.8. The Labute approximate surface area is 444 Å². The van der Waals surface area contributed by atoms with Crippen LogP contribution in [0.3, 0.4) is 0 Å². The highest BCUT2D eigenvalue weighted by Crippen LogP contribution is 2.43. The quantitative estimate of drug-likeness (QED) is 0.0318. The summed E-state index contributed by atoms with van der Waals surface area (Å²) >= 11 is 0. The highest BCUT2D eigenvalue weighted by Gasteiger charge is 2.28. The van der Waals surface area contributed by atoms with Crippen LogP contribution in [0.2, 0.25) is 0 Å². The number of unbranched alkanes of at least 4 members (excludes halogenated alkanes) is 47. The Kier molecular flexibility index (Phi) is 53.9. The van der Waals surface area contributed by atoms with Gasteiger partial charge in [0.05, 0.1) is 39.9 Å². The third-order valence-corrected chi connectivity index (χ3v) is 16.1. The van der Waals surface area contributed by atoms with Gasteiger partial charge < -0.3 is 19.8 Å². The fraction of sp³-hybridized carbons (Fsp3) is 0.984. The van der Waals surface area contributed by atoms with Crippen LogP contribution in [-0.2, 0) is 18.4 Å². The number of aliphatic hydroxyl groups excluding tert-OH is 1. The van der Waals surface area contributed by atoms with Crippen molar-refractivity contribution in [3.05, 3.63) is 0 Å². The lowest BCUT2D eigenvalue weighted by atomic mass is 10.0. The minimum Gasteiger partial charge on any atom is -0.391 e. The van der Waals surface area contributed by atoms with Crippen molar-refractivity contribution in [2.24, 2.45) is 0 Å². The second-order valence-corrected chi connectivity index (χ2v) is 25.0. The summed E-state index contributed by atoms with van der Waals surface area (Å²) in [6.07, 6.45) is 66.1. The maximum absolute atomic E-state index is 13.0. The number of likely N-dealkylation sites (N-methyl/N-ethyl adjacent to an activating group) is 1. The molecule has 0 aromatic rings. The van der Waals surface area contributed by atoms with Crippen molar-refractivity contribution >= 4 is 13.7 Å². The van der Waals surface area contributed by atoms with Crippen LogP contribution in [0.25, 0.3) is 0 Å². The number of quaternary nitrogens is 1. The fourth-order valence-electron chi connectivity index (χ4n) is 10.1. The molecule has 0 saturated heterocycles. The summed E-state index contributed by atoms with van der Waals surface area (Å²) in [5, 5.41) is 14.1. The van der Waals surface area contributed by atoms with Gasteiger partial charge in [0.25, 0.3) is 0 Å². The van der Waals surface area contributed by atoms with E-state index in [1.54, 1.807) is 0 Å². The second-order valence-electron chi connectivity index (χ2n) is 23.5. The molecule has 3 atom stereocenters. The van der Waals surface area contributed by atoms with Gasteiger partial charge in [0.1, 0.15) is 13.2 Å². The van der Waals surface area contributed by atoms with Crippen LogP contribution in [0.1, 0.15) is 341 Å². The molecule has 71 heavy (non-hydrogen) atoms. The number of aliphatic hydroxyl groups is 1. The van der Waals surface area contributed by atoms with E-state index in [1.165, 1.54) is 276 Å². The number of amides is 1. The largest absolute Gasteiger partial charge is 0.472 e. The molecule has 0 aliphatic rings. The first-order valence-electron chi connectivity index (χ1n) is 31.9. The van der Waals surface area contributed by atoms with Gasteiger partial charge in [-0.3, -0.25) is 13.8 Å². The molecule has 0 aliphatic heterocycles. The zero-order valence-corrected chi connectivity index (χ0v) is 49.7. The van der Waals surface area contributed by atoms with E-state index in [1.807, 2.05) is 21.1 Å². The van der Waals surface area contributed by atoms with Crippen molar-refractivity contribution in [3.63, 3.8) is 0 Å². The predicted octanol–water partition coefficient (Wildman–Crippen LogP) is 19.6. The van der Waals surface area contributed by atoms with Crippen molar-refractivity contribution in [3.8, 4) is 0 Å². The molecule has 9 heteroatoms. The lowest BCUT2D eigenvalue weighted by molar-refractivity contribution is -0.870. The zero-order chi connectivity index (χ0) is 52.0. The molecule has 1 amide bonds. The molecular weight excluding hydrogens is 900 g/mol. The SMILES string of the molecule is CCCCCCCCCCCCCCCCCCCCCCCCCCCCCCCCC(=O)NC(COP(=O)(O)OCC[N+](C)(C)C)C(O)CCCCCCCCCCCCCCCCCCCCC. The summed E-state index contributed by atoms with van der Waals surface area (Å²) in [4.78, 5) is 23.4. The molecule has 0 aliphatic carbocycles. The number of hydrogen-bond acceptors (Lipinski definition) is 5. The van der Waals surface area contributed by atoms with Gasteiger partial charge in [0.15, 0.2) is 0 Å². The van der Waals surface area contributed by atoms with Gasteiger partial charge in [-0.2, -0.15) is 0 Å². The molecule has 0 saturated carbocycles. The maximum Gasteiger partial charge on any atom is 0.472 e. The van der Waals surface area contributed by atoms with Crippen molar-refractivity contribution in [2.75, 3.05) is 40.9 Å². The number of nitrogens with zero attached hydrogens (tertiary/aromatic N) is 1. The first-order valence-corrected chi connectivity index (χ1v) is 33.4. The molecule has 8 nitrogen and oxygen atoms in total. The Morgan fingerprint density at radius 3 is 0.944 bits per heavy atom. The highest BCUT2D eigenvalue weighted by atomic mass is 31.2. The van der Waals surface area contributed by atoms with Crippen molar-refractivity contribution in [1.82, 2.24) is 5.32 Å². The zero-order valence-electron chi connectivity index (χ0n) is 48.8. The summed E-state index contributed by atoms with van der Waals surface area (Å²) in [6.45, 7) is 4.96. The lowest BCUT2D eigenvalue weighted by Gasteiger charge is -2.26. The summed E-state index contributed by atoms with van der Waals surface area (Å²) in [5.74, 6) is -0.134. The third-order valence-electron chi connectivity index (χ3n) is 15.1. The number of hydrogen-bond donors (Lipinski definition) is 3. The van der Waals surface area contributed by atoms with Crippen LogP contribution < -0.4 is 5.32 Å². The number of carbonyl (C=O) groups is 1. The Balaban J connectivity index is 4.00. The monoisotopic (exact) mass is 1030 g/mol. The average molecular weight is 1030 g/mol. The lowest BCUT2D eigenvalue weighted by Crippen LogP contribution is -2.46. The van der Waals surface area contributed by atoms with Crippen molar-refractivity contribution < 1.29 is 32.9 Å². The van der Waals surface area contributed by atoms with E-state index in [-0.39, 0.29) is 19.1 Å². The van der Waals surface area contributed by atoms with Gasteiger partial charge in [-0.15, -0.1) is 0 Å². The van der Waals surface area contributed by atoms with Crippen LogP contribution in [0, 0.1) is 0 Å². The van der Waals surface area contributed by atoms with Crippen molar-refractivity contribution in [2.45, 2.75) is 353 Å². The van der Waals surface area contributed by atoms with Gasteiger partial charge in [-0.1, -0.05) is 322 Å². The van der Waals surface area contributed by atoms with E-state index in [0.29, 0.717) is 23.9 Å². The van der Waals surface area contributed by atoms with Crippen LogP contribution in [0.4, 0.5) is 0 Å². The van der Waals surface area contributed by atoms with Gasteiger partial charge in [-0.05, 0) is 12.8 Å². The summed E-state index contributed by atoms with van der Waals surface area (Å²) in [5.41, 5.74) is 0. The molecule has 3 unspecified atom stereocenters. The summed E-state index contributed by atoms with van der Waals surface area (Å²) in [7, 11) is 1.64. The second kappa shape index (κ2) is 54.3. The summed E-state index contributed by atoms with van der Waals surface area (Å²) in [6, 6.07) is -0.755. The normalized spacial score (nSPS) is 13.7. The van der Waals surface area contributed by atoms with E-state index in [0.717, 1.165) is 38.5 Å². The molecule has 0 heterocycles. The Bertz CT molecular complexity index is 1120. The number of phosphoric ester groups is 1. The number of nitrogens with one attached hydrogen (secondary N) is 1. The molecule has 0 fully saturated rings. The molecule has 0 spiro atoms. The molecule has 0 aromatic carbocycles. The first kappa shape index (κ1) is 70.5. The van der Waals surface area contributed by atoms with Crippen LogP contribution in [0.15, 0.2) is 0 Å². The molecule has 426 valence electrons. The molecular formula is C62H128N2O6P+. The Hall–Kier alpha value is -0.500. The molecule has 0 rings (SSSR count). The van der Waals surface area contributed by atoms with Crippen LogP contribution in [-0.4, -0.2) is 73.4 Å². The van der Waals surface area contributed by atoms with Crippen molar-refractivity contribution in [1.29, 1.82) is 0 Å². The predicted molar refractivity (Wildman–Crippen MR) is 309 cm³/mol. The average Bonchev–Trinajstić information content (AvgIpc) is 3.33. The maximum atomic E-state index is 13.0. The minimum absolute atomic E-state index is 0.0793. The smallest absolute Gasteiger partial charge is 0.391 e. The third kappa shape index (κ3) is 57.1. The van der Waals surface area contributed by atoms with E-state index in [9.17, 15) is 19.4 Å². The number of phosphoric acid groups is 1. The number of rotatable bonds is 60. The molecule has 3 N–H and O–H groups in total. The van der Waals surface area contributed by atoms with E-state index >= 15 is 0 Å². The van der Waals surface area contributed by atoms with E-state index in [2.05, 4.69) is 19.2 Å². The van der Waals surface area contributed by atoms with E-state index in [4.69, 9.17) is 9.05 Å². The van der Waals surface area contributed by atoms with Gasteiger partial charge in [-0.25, -0.2) is 4.57 Å². The Morgan fingerprint density at radius 1 is 0.423 bits per heavy atom. The van der Waals surface area contributed by atoms with Gasteiger partial charge >= 0.3 is 7.82 Å². The first-order chi connectivity index (χ1) is 34.5. The van der Waals surface area contributed by atoms with Crippen LogP contribution in [0.5, 0.6) is 0 Å². The number of carbonyl (C=O) groups excluding carboxylic acids is 1. The molecule has 0 aromatic heterocycles. The van der Waals surface area contributed by atoms with Gasteiger partial charge in [0, 0.05) is 6.42 Å². The van der Waals surface area contributed by atoms with Crippen LogP contribution >= 0.6 is 7.82 Å². The fourth-order valence-corrected chi connectivity index (χ4v) is 10.8. The van der Waals surface area contributed by atoms with Gasteiger partial charge in [0.2, 0.25) is 5.91 Å². The minimum atomic E-state index is -4.32. The highest BCUT2D eigenvalue weighted by molar-refractivity contribution is 7.47. The Morgan fingerprint density at radius 2 is 0.676 bits per heavy atom. The van der Waals surface area contributed by atoms with E-state index < -0.39 is 20.0 Å². The topological polar surface area (TPSA) is 105 Å².